The Bertz CT molecular complexity index is 1050. The molecule has 0 aliphatic carbocycles. The third-order valence-corrected chi connectivity index (χ3v) is 11.9. The molecule has 0 radical (unpaired) electrons. The van der Waals surface area contributed by atoms with E-state index in [4.69, 9.17) is 14.2 Å². The monoisotopic (exact) mass is 871 g/mol. The van der Waals surface area contributed by atoms with Crippen LogP contribution in [0.4, 0.5) is 0 Å². The molecule has 0 aromatic carbocycles. The topological polar surface area (TPSA) is 78.9 Å². The van der Waals surface area contributed by atoms with Gasteiger partial charge in [-0.1, -0.05) is 231 Å². The lowest BCUT2D eigenvalue weighted by Gasteiger charge is -2.18. The average molecular weight is 871 g/mol. The van der Waals surface area contributed by atoms with Crippen molar-refractivity contribution < 1.29 is 28.6 Å². The molecule has 0 rings (SSSR count). The number of hydrogen-bond donors (Lipinski definition) is 0. The van der Waals surface area contributed by atoms with Crippen molar-refractivity contribution >= 4 is 17.9 Å². The molecule has 362 valence electrons. The van der Waals surface area contributed by atoms with E-state index in [2.05, 4.69) is 57.2 Å². The van der Waals surface area contributed by atoms with Gasteiger partial charge in [-0.25, -0.2) is 0 Å². The third-order valence-electron chi connectivity index (χ3n) is 11.9. The zero-order valence-corrected chi connectivity index (χ0v) is 41.4. The first kappa shape index (κ1) is 59.6. The van der Waals surface area contributed by atoms with Crippen LogP contribution in [0.5, 0.6) is 0 Å². The Morgan fingerprint density at radius 2 is 0.581 bits per heavy atom. The summed E-state index contributed by atoms with van der Waals surface area (Å²) in [5, 5.41) is 0. The Labute approximate surface area is 385 Å². The fraction of sp³-hybridized carbons (Fsp3) is 0.839. The standard InChI is InChI=1S/C56H102O6/c1-4-7-10-13-16-19-22-25-28-31-34-37-40-43-46-49-55(58)61-52-53(51-60-54(57)48-45-42-39-36-33-30-27-24-21-18-15-12-9-6-3)62-56(59)50-47-44-41-38-35-32-29-26-23-20-17-14-11-8-5-2/h16,19,22,25,30,33,53H,4-15,17-18,20-21,23-24,26-29,31-32,34-52H2,1-3H3/b19-16-,25-22-,33-30-. The maximum atomic E-state index is 12.8. The van der Waals surface area contributed by atoms with Crippen molar-refractivity contribution in [3.05, 3.63) is 36.5 Å². The van der Waals surface area contributed by atoms with Gasteiger partial charge in [0.15, 0.2) is 6.10 Å². The first-order chi connectivity index (χ1) is 30.5. The van der Waals surface area contributed by atoms with Crippen LogP contribution in [0.3, 0.4) is 0 Å². The third kappa shape index (κ3) is 48.7. The fourth-order valence-corrected chi connectivity index (χ4v) is 7.78. The van der Waals surface area contributed by atoms with Crippen LogP contribution in [0.1, 0.15) is 284 Å². The SMILES string of the molecule is CCCCC/C=C\C=C/CCCCCCCCC(=O)OCC(COC(=O)CCCCC/C=C\CCCCCCCCC)OC(=O)CCCCCCCCCCCCCCCCC. The molecule has 1 unspecified atom stereocenters. The van der Waals surface area contributed by atoms with Crippen molar-refractivity contribution in [2.45, 2.75) is 290 Å². The minimum atomic E-state index is -0.779. The van der Waals surface area contributed by atoms with Crippen LogP contribution in [0, 0.1) is 0 Å². The molecule has 0 aromatic rings. The normalized spacial score (nSPS) is 12.2. The first-order valence-corrected chi connectivity index (χ1v) is 27.0. The van der Waals surface area contributed by atoms with Crippen molar-refractivity contribution in [3.8, 4) is 0 Å². The summed E-state index contributed by atoms with van der Waals surface area (Å²) in [6.45, 7) is 6.61. The van der Waals surface area contributed by atoms with Gasteiger partial charge in [0.1, 0.15) is 13.2 Å². The average Bonchev–Trinajstić information content (AvgIpc) is 3.27. The van der Waals surface area contributed by atoms with Crippen molar-refractivity contribution in [1.82, 2.24) is 0 Å². The predicted octanol–water partition coefficient (Wildman–Crippen LogP) is 17.7. The smallest absolute Gasteiger partial charge is 0.306 e. The molecule has 1 atom stereocenters. The van der Waals surface area contributed by atoms with Crippen molar-refractivity contribution in [1.29, 1.82) is 0 Å². The molecule has 62 heavy (non-hydrogen) atoms. The molecular weight excluding hydrogens is 769 g/mol. The Balaban J connectivity index is 4.39. The van der Waals surface area contributed by atoms with Crippen LogP contribution in [0.2, 0.25) is 0 Å². The summed E-state index contributed by atoms with van der Waals surface area (Å²) >= 11 is 0. The number of esters is 3. The largest absolute Gasteiger partial charge is 0.462 e. The highest BCUT2D eigenvalue weighted by Gasteiger charge is 2.19. The summed E-state index contributed by atoms with van der Waals surface area (Å²) in [7, 11) is 0. The van der Waals surface area contributed by atoms with E-state index < -0.39 is 6.10 Å². The molecule has 6 heteroatoms. The summed E-state index contributed by atoms with van der Waals surface area (Å²) in [5.41, 5.74) is 0. The number of allylic oxidation sites excluding steroid dienone is 6. The molecule has 0 fully saturated rings. The summed E-state index contributed by atoms with van der Waals surface area (Å²) in [4.78, 5) is 38.0. The Morgan fingerprint density at radius 3 is 0.952 bits per heavy atom. The second-order valence-electron chi connectivity index (χ2n) is 18.2. The molecule has 0 heterocycles. The van der Waals surface area contributed by atoms with Crippen molar-refractivity contribution in [2.75, 3.05) is 13.2 Å². The van der Waals surface area contributed by atoms with Crippen LogP contribution >= 0.6 is 0 Å². The van der Waals surface area contributed by atoms with Gasteiger partial charge in [-0.2, -0.15) is 0 Å². The van der Waals surface area contributed by atoms with Crippen molar-refractivity contribution in [2.24, 2.45) is 0 Å². The van der Waals surface area contributed by atoms with E-state index in [1.807, 2.05) is 0 Å². The highest BCUT2D eigenvalue weighted by molar-refractivity contribution is 5.71. The number of ether oxygens (including phenoxy) is 3. The van der Waals surface area contributed by atoms with Gasteiger partial charge in [0, 0.05) is 19.3 Å². The van der Waals surface area contributed by atoms with E-state index in [0.29, 0.717) is 19.3 Å². The van der Waals surface area contributed by atoms with E-state index in [0.717, 1.165) is 77.0 Å². The van der Waals surface area contributed by atoms with E-state index in [9.17, 15) is 14.4 Å². The van der Waals surface area contributed by atoms with Crippen molar-refractivity contribution in [3.63, 3.8) is 0 Å². The van der Waals surface area contributed by atoms with E-state index in [1.165, 1.54) is 167 Å². The quantitative estimate of drug-likeness (QED) is 0.0199. The zero-order valence-electron chi connectivity index (χ0n) is 41.4. The lowest BCUT2D eigenvalue weighted by Crippen LogP contribution is -2.30. The van der Waals surface area contributed by atoms with Crippen LogP contribution in [0.25, 0.3) is 0 Å². The maximum Gasteiger partial charge on any atom is 0.306 e. The van der Waals surface area contributed by atoms with E-state index in [-0.39, 0.29) is 31.1 Å². The highest BCUT2D eigenvalue weighted by Crippen LogP contribution is 2.16. The van der Waals surface area contributed by atoms with Crippen LogP contribution in [0.15, 0.2) is 36.5 Å². The second-order valence-corrected chi connectivity index (χ2v) is 18.2. The molecule has 0 aliphatic heterocycles. The number of rotatable bonds is 49. The maximum absolute atomic E-state index is 12.8. The highest BCUT2D eigenvalue weighted by atomic mass is 16.6. The molecule has 0 N–H and O–H groups in total. The second kappa shape index (κ2) is 51.3. The number of carbonyl (C=O) groups is 3. The van der Waals surface area contributed by atoms with Gasteiger partial charge in [-0.05, 0) is 70.6 Å². The lowest BCUT2D eigenvalue weighted by molar-refractivity contribution is -0.167. The Morgan fingerprint density at radius 1 is 0.323 bits per heavy atom. The molecule has 0 aliphatic rings. The van der Waals surface area contributed by atoms with Crippen LogP contribution < -0.4 is 0 Å². The van der Waals surface area contributed by atoms with Gasteiger partial charge in [0.05, 0.1) is 0 Å². The Kier molecular flexibility index (Phi) is 49.3. The minimum Gasteiger partial charge on any atom is -0.462 e. The van der Waals surface area contributed by atoms with Gasteiger partial charge in [0.2, 0.25) is 0 Å². The lowest BCUT2D eigenvalue weighted by atomic mass is 10.0. The van der Waals surface area contributed by atoms with Gasteiger partial charge in [-0.15, -0.1) is 0 Å². The molecule has 0 spiro atoms. The summed E-state index contributed by atoms with van der Waals surface area (Å²) in [6, 6.07) is 0. The minimum absolute atomic E-state index is 0.0800. The Hall–Kier alpha value is -2.37. The molecule has 0 saturated carbocycles. The van der Waals surface area contributed by atoms with Gasteiger partial charge in [0.25, 0.3) is 0 Å². The number of carbonyl (C=O) groups excluding carboxylic acids is 3. The molecule has 0 saturated heterocycles. The van der Waals surface area contributed by atoms with Gasteiger partial charge in [-0.3, -0.25) is 14.4 Å². The van der Waals surface area contributed by atoms with Crippen LogP contribution in [-0.2, 0) is 28.6 Å². The first-order valence-electron chi connectivity index (χ1n) is 27.0. The van der Waals surface area contributed by atoms with Gasteiger partial charge < -0.3 is 14.2 Å². The zero-order chi connectivity index (χ0) is 45.1. The number of hydrogen-bond acceptors (Lipinski definition) is 6. The predicted molar refractivity (Wildman–Crippen MR) is 266 cm³/mol. The molecule has 6 nitrogen and oxygen atoms in total. The van der Waals surface area contributed by atoms with E-state index >= 15 is 0 Å². The van der Waals surface area contributed by atoms with E-state index in [1.54, 1.807) is 0 Å². The number of unbranched alkanes of at least 4 members (excludes halogenated alkanes) is 33. The van der Waals surface area contributed by atoms with Crippen LogP contribution in [-0.4, -0.2) is 37.2 Å². The molecule has 0 bridgehead atoms. The summed E-state index contributed by atoms with van der Waals surface area (Å²) < 4.78 is 16.8. The summed E-state index contributed by atoms with van der Waals surface area (Å²) in [5.74, 6) is -0.893. The molecular formula is C56H102O6. The fourth-order valence-electron chi connectivity index (χ4n) is 7.78. The molecule has 0 amide bonds. The van der Waals surface area contributed by atoms with Gasteiger partial charge >= 0.3 is 17.9 Å². The molecule has 0 aromatic heterocycles. The summed E-state index contributed by atoms with van der Waals surface area (Å²) in [6.07, 6.45) is 59.8.